The van der Waals surface area contributed by atoms with Crippen LogP contribution in [0.3, 0.4) is 0 Å². The number of hydrogen-bond acceptors (Lipinski definition) is 6. The SMILES string of the molecule is O=c1c2sc3nccc(/N=C/CO)c3c2ncn1C1CCCCC1. The van der Waals surface area contributed by atoms with E-state index in [2.05, 4.69) is 15.0 Å². The second kappa shape index (κ2) is 6.41. The highest BCUT2D eigenvalue weighted by molar-refractivity contribution is 7.25. The van der Waals surface area contributed by atoms with Gasteiger partial charge in [0.2, 0.25) is 0 Å². The maximum atomic E-state index is 12.9. The number of hydrogen-bond donors (Lipinski definition) is 1. The van der Waals surface area contributed by atoms with Crippen molar-refractivity contribution < 1.29 is 5.11 Å². The zero-order valence-corrected chi connectivity index (χ0v) is 14.0. The molecule has 0 radical (unpaired) electrons. The Balaban J connectivity index is 1.92. The van der Waals surface area contributed by atoms with E-state index in [1.54, 1.807) is 23.2 Å². The molecule has 3 aromatic heterocycles. The molecule has 0 bridgehead atoms. The second-order valence-electron chi connectivity index (χ2n) is 6.03. The zero-order chi connectivity index (χ0) is 16.5. The van der Waals surface area contributed by atoms with Crippen molar-refractivity contribution in [1.82, 2.24) is 14.5 Å². The summed E-state index contributed by atoms with van der Waals surface area (Å²) in [5, 5.41) is 9.74. The molecule has 24 heavy (non-hydrogen) atoms. The third kappa shape index (κ3) is 2.53. The van der Waals surface area contributed by atoms with Gasteiger partial charge in [0.25, 0.3) is 5.56 Å². The van der Waals surface area contributed by atoms with E-state index in [1.165, 1.54) is 36.8 Å². The molecule has 0 amide bonds. The number of aromatic nitrogens is 3. The zero-order valence-electron chi connectivity index (χ0n) is 13.2. The lowest BCUT2D eigenvalue weighted by Crippen LogP contribution is -2.26. The van der Waals surface area contributed by atoms with Crippen molar-refractivity contribution in [2.45, 2.75) is 38.1 Å². The molecule has 7 heteroatoms. The van der Waals surface area contributed by atoms with Crippen molar-refractivity contribution in [1.29, 1.82) is 0 Å². The number of rotatable bonds is 3. The summed E-state index contributed by atoms with van der Waals surface area (Å²) in [6.45, 7) is -0.131. The minimum atomic E-state index is -0.131. The summed E-state index contributed by atoms with van der Waals surface area (Å²) in [5.74, 6) is 0. The van der Waals surface area contributed by atoms with Gasteiger partial charge in [-0.05, 0) is 18.9 Å². The van der Waals surface area contributed by atoms with Gasteiger partial charge in [0.15, 0.2) is 0 Å². The van der Waals surface area contributed by atoms with Crippen LogP contribution in [0.2, 0.25) is 0 Å². The lowest BCUT2D eigenvalue weighted by Gasteiger charge is -2.23. The van der Waals surface area contributed by atoms with Gasteiger partial charge in [-0.1, -0.05) is 19.3 Å². The van der Waals surface area contributed by atoms with Gasteiger partial charge in [-0.3, -0.25) is 14.4 Å². The highest BCUT2D eigenvalue weighted by atomic mass is 32.1. The van der Waals surface area contributed by atoms with Crippen molar-refractivity contribution in [3.05, 3.63) is 28.9 Å². The first kappa shape index (κ1) is 15.4. The van der Waals surface area contributed by atoms with Crippen molar-refractivity contribution in [2.24, 2.45) is 4.99 Å². The standard InChI is InChI=1S/C17H18N4O2S/c22-9-8-18-12-6-7-19-16-13(12)14-15(24-16)17(23)21(10-20-14)11-4-2-1-3-5-11/h6-8,10-11,22H,1-5,9H2/b18-8+. The Bertz CT molecular complexity index is 970. The predicted molar refractivity (Wildman–Crippen MR) is 96.5 cm³/mol. The van der Waals surface area contributed by atoms with Crippen molar-refractivity contribution >= 4 is 43.7 Å². The molecule has 0 aromatic carbocycles. The first-order valence-corrected chi connectivity index (χ1v) is 9.03. The van der Waals surface area contributed by atoms with Crippen molar-refractivity contribution in [3.63, 3.8) is 0 Å². The first-order chi connectivity index (χ1) is 11.8. The van der Waals surface area contributed by atoms with E-state index in [0.717, 1.165) is 23.1 Å². The number of aliphatic hydroxyl groups is 1. The molecule has 1 N–H and O–H groups in total. The average Bonchev–Trinajstić information content (AvgIpc) is 3.01. The van der Waals surface area contributed by atoms with Gasteiger partial charge in [-0.2, -0.15) is 0 Å². The van der Waals surface area contributed by atoms with Crippen LogP contribution in [0.25, 0.3) is 20.4 Å². The predicted octanol–water partition coefficient (Wildman–Crippen LogP) is 3.21. The number of aliphatic imine (C=N–C) groups is 1. The summed E-state index contributed by atoms with van der Waals surface area (Å²) < 4.78 is 2.44. The molecule has 1 aliphatic rings. The molecule has 0 unspecified atom stereocenters. The minimum Gasteiger partial charge on any atom is -0.391 e. The van der Waals surface area contributed by atoms with Crippen LogP contribution in [0.4, 0.5) is 5.69 Å². The Morgan fingerprint density at radius 3 is 2.96 bits per heavy atom. The smallest absolute Gasteiger partial charge is 0.271 e. The third-order valence-electron chi connectivity index (χ3n) is 4.56. The molecule has 0 atom stereocenters. The van der Waals surface area contributed by atoms with Gasteiger partial charge in [-0.15, -0.1) is 11.3 Å². The number of pyridine rings is 1. The lowest BCUT2D eigenvalue weighted by molar-refractivity contribution is 0.345. The molecule has 6 nitrogen and oxygen atoms in total. The molecule has 3 aromatic rings. The van der Waals surface area contributed by atoms with Gasteiger partial charge in [0.1, 0.15) is 15.0 Å². The van der Waals surface area contributed by atoms with E-state index in [0.29, 0.717) is 15.9 Å². The van der Waals surface area contributed by atoms with Crippen LogP contribution in [0.1, 0.15) is 38.1 Å². The topological polar surface area (TPSA) is 80.4 Å². The number of fused-ring (bicyclic) bond motifs is 3. The summed E-state index contributed by atoms with van der Waals surface area (Å²) in [7, 11) is 0. The normalized spacial score (nSPS) is 16.5. The molecule has 3 heterocycles. The fraction of sp³-hybridized carbons (Fsp3) is 0.412. The fourth-order valence-electron chi connectivity index (χ4n) is 3.42. The summed E-state index contributed by atoms with van der Waals surface area (Å²) in [4.78, 5) is 26.9. The maximum absolute atomic E-state index is 12.9. The molecular formula is C17H18N4O2S. The van der Waals surface area contributed by atoms with Gasteiger partial charge in [0, 0.05) is 18.5 Å². The highest BCUT2D eigenvalue weighted by Crippen LogP contribution is 2.36. The summed E-state index contributed by atoms with van der Waals surface area (Å²) >= 11 is 1.37. The average molecular weight is 342 g/mol. The van der Waals surface area contributed by atoms with Crippen LogP contribution in [-0.2, 0) is 0 Å². The maximum Gasteiger partial charge on any atom is 0.271 e. The van der Waals surface area contributed by atoms with E-state index < -0.39 is 0 Å². The largest absolute Gasteiger partial charge is 0.391 e. The third-order valence-corrected chi connectivity index (χ3v) is 5.64. The van der Waals surface area contributed by atoms with Gasteiger partial charge in [-0.25, -0.2) is 9.97 Å². The monoisotopic (exact) mass is 342 g/mol. The summed E-state index contributed by atoms with van der Waals surface area (Å²) in [6, 6.07) is 2.03. The van der Waals surface area contributed by atoms with Crippen LogP contribution < -0.4 is 5.56 Å². The molecule has 1 aliphatic carbocycles. The summed E-state index contributed by atoms with van der Waals surface area (Å²) in [6.07, 6.45) is 10.5. The van der Waals surface area contributed by atoms with E-state index in [4.69, 9.17) is 5.11 Å². The van der Waals surface area contributed by atoms with Gasteiger partial charge < -0.3 is 5.11 Å². The molecule has 124 valence electrons. The lowest BCUT2D eigenvalue weighted by atomic mass is 9.95. The Kier molecular flexibility index (Phi) is 4.12. The van der Waals surface area contributed by atoms with E-state index in [-0.39, 0.29) is 18.2 Å². The highest BCUT2D eigenvalue weighted by Gasteiger charge is 2.20. The van der Waals surface area contributed by atoms with E-state index in [1.807, 2.05) is 0 Å². The Labute approximate surface area is 142 Å². The minimum absolute atomic E-state index is 0.0204. The van der Waals surface area contributed by atoms with Gasteiger partial charge in [0.05, 0.1) is 24.0 Å². The Hall–Kier alpha value is -2.12. The number of aliphatic hydroxyl groups excluding tert-OH is 1. The molecule has 0 aliphatic heterocycles. The molecule has 0 saturated heterocycles. The van der Waals surface area contributed by atoms with Crippen LogP contribution in [0.5, 0.6) is 0 Å². The number of nitrogens with zero attached hydrogens (tertiary/aromatic N) is 4. The van der Waals surface area contributed by atoms with Crippen LogP contribution in [0.15, 0.2) is 28.4 Å². The van der Waals surface area contributed by atoms with Crippen LogP contribution in [0, 0.1) is 0 Å². The molecule has 4 rings (SSSR count). The summed E-state index contributed by atoms with van der Waals surface area (Å²) in [5.41, 5.74) is 1.36. The van der Waals surface area contributed by atoms with Crippen molar-refractivity contribution in [3.8, 4) is 0 Å². The quantitative estimate of drug-likeness (QED) is 0.741. The van der Waals surface area contributed by atoms with Crippen molar-refractivity contribution in [2.75, 3.05) is 6.61 Å². The van der Waals surface area contributed by atoms with Crippen LogP contribution in [-0.4, -0.2) is 32.5 Å². The van der Waals surface area contributed by atoms with Gasteiger partial charge >= 0.3 is 0 Å². The number of thiophene rings is 1. The van der Waals surface area contributed by atoms with E-state index >= 15 is 0 Å². The Morgan fingerprint density at radius 1 is 1.33 bits per heavy atom. The molecular weight excluding hydrogens is 324 g/mol. The second-order valence-corrected chi connectivity index (χ2v) is 7.03. The Morgan fingerprint density at radius 2 is 2.17 bits per heavy atom. The molecule has 1 saturated carbocycles. The molecule has 1 fully saturated rings. The van der Waals surface area contributed by atoms with Crippen LogP contribution >= 0.6 is 11.3 Å². The first-order valence-electron chi connectivity index (χ1n) is 8.21. The van der Waals surface area contributed by atoms with E-state index in [9.17, 15) is 4.79 Å². The fourth-order valence-corrected chi connectivity index (χ4v) is 4.47. The molecule has 0 spiro atoms.